The van der Waals surface area contributed by atoms with Crippen LogP contribution in [0.1, 0.15) is 12.0 Å². The lowest BCUT2D eigenvalue weighted by Crippen LogP contribution is -2.41. The average molecular weight is 321 g/mol. The van der Waals surface area contributed by atoms with Crippen LogP contribution < -0.4 is 10.6 Å². The molecule has 0 aromatic heterocycles. The van der Waals surface area contributed by atoms with Crippen LogP contribution in [0.4, 0.5) is 8.78 Å². The normalized spacial score (nSPS) is 17.9. The number of carbonyl (C=O) groups is 1. The highest BCUT2D eigenvalue weighted by Crippen LogP contribution is 2.08. The molecular weight excluding hydrogens is 302 g/mol. The number of carbonyl (C=O) groups excluding carboxylic acids is 1. The third-order valence-electron chi connectivity index (χ3n) is 3.08. The summed E-state index contributed by atoms with van der Waals surface area (Å²) in [5, 5.41) is 5.87. The molecule has 7 heteroatoms. The van der Waals surface area contributed by atoms with Crippen molar-refractivity contribution >= 4 is 18.3 Å². The van der Waals surface area contributed by atoms with Gasteiger partial charge in [-0.3, -0.25) is 4.79 Å². The van der Waals surface area contributed by atoms with Gasteiger partial charge in [-0.15, -0.1) is 12.4 Å². The Balaban J connectivity index is 0.00000220. The smallest absolute Gasteiger partial charge is 0.222 e. The van der Waals surface area contributed by atoms with Gasteiger partial charge in [-0.1, -0.05) is 0 Å². The summed E-state index contributed by atoms with van der Waals surface area (Å²) in [6.07, 6.45) is 0.588. The minimum Gasteiger partial charge on any atom is -0.375 e. The van der Waals surface area contributed by atoms with Crippen LogP contribution in [0.15, 0.2) is 18.2 Å². The predicted octanol–water partition coefficient (Wildman–Crippen LogP) is 1.42. The van der Waals surface area contributed by atoms with Crippen LogP contribution in [0.3, 0.4) is 0 Å². The van der Waals surface area contributed by atoms with Gasteiger partial charge in [0.15, 0.2) is 0 Å². The van der Waals surface area contributed by atoms with E-state index in [1.165, 1.54) is 12.1 Å². The Bertz CT molecular complexity index is 448. The molecule has 0 aliphatic carbocycles. The Labute approximate surface area is 128 Å². The van der Waals surface area contributed by atoms with E-state index in [-0.39, 0.29) is 24.4 Å². The minimum absolute atomic E-state index is 0. The predicted molar refractivity (Wildman–Crippen MR) is 77.5 cm³/mol. The zero-order valence-corrected chi connectivity index (χ0v) is 12.3. The van der Waals surface area contributed by atoms with Gasteiger partial charge < -0.3 is 15.4 Å². The first kappa shape index (κ1) is 17.8. The number of rotatable bonds is 5. The molecule has 118 valence electrons. The first-order chi connectivity index (χ1) is 9.63. The standard InChI is InChI=1S/C14H18F2N2O2.ClH/c15-11-5-10(6-12(16)7-11)1-2-18-14(19)8-13-9-17-3-4-20-13;/h5-7,13,17H,1-4,8-9H2,(H,18,19);1H. The summed E-state index contributed by atoms with van der Waals surface area (Å²) >= 11 is 0. The summed E-state index contributed by atoms with van der Waals surface area (Å²) in [5.41, 5.74) is 0.526. The van der Waals surface area contributed by atoms with E-state index < -0.39 is 11.6 Å². The topological polar surface area (TPSA) is 50.4 Å². The van der Waals surface area contributed by atoms with Gasteiger partial charge in [0, 0.05) is 25.7 Å². The van der Waals surface area contributed by atoms with Crippen molar-refractivity contribution in [2.45, 2.75) is 18.9 Å². The van der Waals surface area contributed by atoms with Crippen molar-refractivity contribution in [2.24, 2.45) is 0 Å². The van der Waals surface area contributed by atoms with E-state index in [4.69, 9.17) is 4.74 Å². The fourth-order valence-electron chi connectivity index (χ4n) is 2.13. The average Bonchev–Trinajstić information content (AvgIpc) is 2.38. The number of ether oxygens (including phenoxy) is 1. The highest BCUT2D eigenvalue weighted by molar-refractivity contribution is 5.85. The second kappa shape index (κ2) is 8.92. The molecular formula is C14H19ClF2N2O2. The van der Waals surface area contributed by atoms with Crippen molar-refractivity contribution in [3.8, 4) is 0 Å². The molecule has 2 rings (SSSR count). The first-order valence-corrected chi connectivity index (χ1v) is 6.67. The Morgan fingerprint density at radius 3 is 2.67 bits per heavy atom. The molecule has 1 aliphatic heterocycles. The molecule has 4 nitrogen and oxygen atoms in total. The molecule has 1 aromatic rings. The summed E-state index contributed by atoms with van der Waals surface area (Å²) < 4.78 is 31.4. The Kier molecular flexibility index (Phi) is 7.56. The summed E-state index contributed by atoms with van der Waals surface area (Å²) in [5.74, 6) is -1.32. The first-order valence-electron chi connectivity index (χ1n) is 6.67. The van der Waals surface area contributed by atoms with Crippen molar-refractivity contribution in [3.05, 3.63) is 35.4 Å². The van der Waals surface area contributed by atoms with Crippen molar-refractivity contribution in [1.29, 1.82) is 0 Å². The van der Waals surface area contributed by atoms with Gasteiger partial charge in [0.1, 0.15) is 11.6 Å². The number of benzene rings is 1. The Morgan fingerprint density at radius 1 is 1.33 bits per heavy atom. The maximum absolute atomic E-state index is 13.0. The Hall–Kier alpha value is -1.24. The van der Waals surface area contributed by atoms with Crippen molar-refractivity contribution < 1.29 is 18.3 Å². The highest BCUT2D eigenvalue weighted by Gasteiger charge is 2.16. The van der Waals surface area contributed by atoms with E-state index in [1.54, 1.807) is 0 Å². The third-order valence-corrected chi connectivity index (χ3v) is 3.08. The number of nitrogens with one attached hydrogen (secondary N) is 2. The van der Waals surface area contributed by atoms with Crippen molar-refractivity contribution in [3.63, 3.8) is 0 Å². The monoisotopic (exact) mass is 320 g/mol. The maximum Gasteiger partial charge on any atom is 0.222 e. The van der Waals surface area contributed by atoms with Crippen LogP contribution in [0, 0.1) is 11.6 Å². The molecule has 21 heavy (non-hydrogen) atoms. The van der Waals surface area contributed by atoms with Crippen molar-refractivity contribution in [1.82, 2.24) is 10.6 Å². The molecule has 1 aliphatic rings. The molecule has 2 N–H and O–H groups in total. The number of morpholine rings is 1. The summed E-state index contributed by atoms with van der Waals surface area (Å²) in [6.45, 7) is 2.44. The third kappa shape index (κ3) is 6.37. The van der Waals surface area contributed by atoms with Crippen LogP contribution >= 0.6 is 12.4 Å². The second-order valence-electron chi connectivity index (χ2n) is 4.78. The number of hydrogen-bond acceptors (Lipinski definition) is 3. The van der Waals surface area contributed by atoms with Crippen LogP contribution in [-0.4, -0.2) is 38.3 Å². The molecule has 1 unspecified atom stereocenters. The number of halogens is 3. The van der Waals surface area contributed by atoms with Crippen LogP contribution in [0.25, 0.3) is 0 Å². The highest BCUT2D eigenvalue weighted by atomic mass is 35.5. The Morgan fingerprint density at radius 2 is 2.05 bits per heavy atom. The number of amides is 1. The van der Waals surface area contributed by atoms with Crippen molar-refractivity contribution in [2.75, 3.05) is 26.2 Å². The molecule has 1 saturated heterocycles. The molecule has 1 aromatic carbocycles. The largest absolute Gasteiger partial charge is 0.375 e. The van der Waals surface area contributed by atoms with E-state index in [2.05, 4.69) is 10.6 Å². The summed E-state index contributed by atoms with van der Waals surface area (Å²) in [4.78, 5) is 11.7. The lowest BCUT2D eigenvalue weighted by molar-refractivity contribution is -0.124. The molecule has 0 radical (unpaired) electrons. The van der Waals surface area contributed by atoms with E-state index in [0.29, 0.717) is 38.1 Å². The quantitative estimate of drug-likeness (QED) is 0.863. The van der Waals surface area contributed by atoms with Crippen LogP contribution in [-0.2, 0) is 16.0 Å². The number of hydrogen-bond donors (Lipinski definition) is 2. The van der Waals surface area contributed by atoms with Gasteiger partial charge >= 0.3 is 0 Å². The van der Waals surface area contributed by atoms with E-state index >= 15 is 0 Å². The summed E-state index contributed by atoms with van der Waals surface area (Å²) in [7, 11) is 0. The van der Waals surface area contributed by atoms with Gasteiger partial charge in [0.2, 0.25) is 5.91 Å². The van der Waals surface area contributed by atoms with E-state index in [1.807, 2.05) is 0 Å². The van der Waals surface area contributed by atoms with Gasteiger partial charge in [-0.05, 0) is 24.1 Å². The molecule has 0 spiro atoms. The fourth-order valence-corrected chi connectivity index (χ4v) is 2.13. The zero-order chi connectivity index (χ0) is 14.4. The maximum atomic E-state index is 13.0. The molecule has 0 saturated carbocycles. The molecule has 1 amide bonds. The molecule has 1 heterocycles. The van der Waals surface area contributed by atoms with E-state index in [9.17, 15) is 13.6 Å². The molecule has 1 fully saturated rings. The molecule has 1 atom stereocenters. The van der Waals surface area contributed by atoms with Gasteiger partial charge in [0.05, 0.1) is 19.1 Å². The zero-order valence-electron chi connectivity index (χ0n) is 11.5. The second-order valence-corrected chi connectivity index (χ2v) is 4.78. The van der Waals surface area contributed by atoms with Crippen LogP contribution in [0.2, 0.25) is 0 Å². The fraction of sp³-hybridized carbons (Fsp3) is 0.500. The van der Waals surface area contributed by atoms with E-state index in [0.717, 1.165) is 12.6 Å². The lowest BCUT2D eigenvalue weighted by Gasteiger charge is -2.23. The summed E-state index contributed by atoms with van der Waals surface area (Å²) in [6, 6.07) is 3.36. The SMILES string of the molecule is Cl.O=C(CC1CNCCO1)NCCc1cc(F)cc(F)c1. The van der Waals surface area contributed by atoms with Gasteiger partial charge in [-0.2, -0.15) is 0 Å². The lowest BCUT2D eigenvalue weighted by atomic mass is 10.1. The minimum atomic E-state index is -0.604. The van der Waals surface area contributed by atoms with Crippen LogP contribution in [0.5, 0.6) is 0 Å². The van der Waals surface area contributed by atoms with Gasteiger partial charge in [0.25, 0.3) is 0 Å². The molecule has 0 bridgehead atoms. The van der Waals surface area contributed by atoms with Gasteiger partial charge in [-0.25, -0.2) is 8.78 Å².